The molecule has 0 aliphatic heterocycles. The number of halogens is 1. The van der Waals surface area contributed by atoms with E-state index in [0.717, 1.165) is 17.8 Å². The fourth-order valence-corrected chi connectivity index (χ4v) is 3.37. The Morgan fingerprint density at radius 2 is 2.00 bits per heavy atom. The van der Waals surface area contributed by atoms with Gasteiger partial charge in [-0.25, -0.2) is 0 Å². The van der Waals surface area contributed by atoms with Crippen LogP contribution in [0.3, 0.4) is 0 Å². The van der Waals surface area contributed by atoms with Gasteiger partial charge in [-0.05, 0) is 62.7 Å². The highest BCUT2D eigenvalue weighted by Crippen LogP contribution is 2.37. The predicted molar refractivity (Wildman–Crippen MR) is 123 cm³/mol. The van der Waals surface area contributed by atoms with Gasteiger partial charge in [-0.2, -0.15) is 14.9 Å². The fraction of sp³-hybridized carbons (Fsp3) is 0.318. The Kier molecular flexibility index (Phi) is 7.65. The van der Waals surface area contributed by atoms with Crippen molar-refractivity contribution in [2.75, 3.05) is 6.61 Å². The number of nitrogens with one attached hydrogen (secondary N) is 1. The minimum absolute atomic E-state index is 0.0161. The number of hydrogen-bond acceptors (Lipinski definition) is 5. The van der Waals surface area contributed by atoms with E-state index in [1.54, 1.807) is 17.0 Å². The molecule has 0 aliphatic rings. The van der Waals surface area contributed by atoms with Crippen molar-refractivity contribution >= 4 is 30.0 Å². The third-order valence-electron chi connectivity index (χ3n) is 4.21. The second-order valence-electron chi connectivity index (χ2n) is 6.92. The zero-order valence-electron chi connectivity index (χ0n) is 17.3. The van der Waals surface area contributed by atoms with Gasteiger partial charge in [0.1, 0.15) is 0 Å². The van der Waals surface area contributed by atoms with E-state index >= 15 is 0 Å². The molecule has 1 heterocycles. The first kappa shape index (κ1) is 22.1. The van der Waals surface area contributed by atoms with Gasteiger partial charge in [-0.3, -0.25) is 5.10 Å². The van der Waals surface area contributed by atoms with Crippen LogP contribution in [0.2, 0.25) is 5.02 Å². The molecular weight excluding hydrogens is 420 g/mol. The molecule has 0 saturated carbocycles. The highest BCUT2D eigenvalue weighted by Gasteiger charge is 2.14. The average molecular weight is 445 g/mol. The Labute approximate surface area is 186 Å². The number of benzene rings is 2. The zero-order valence-corrected chi connectivity index (χ0v) is 18.8. The summed E-state index contributed by atoms with van der Waals surface area (Å²) in [5.74, 6) is 1.88. The smallest absolute Gasteiger partial charge is 0.216 e. The molecule has 1 aromatic heterocycles. The van der Waals surface area contributed by atoms with Crippen LogP contribution in [0, 0.1) is 4.77 Å². The lowest BCUT2D eigenvalue weighted by Gasteiger charge is -2.16. The van der Waals surface area contributed by atoms with E-state index < -0.39 is 0 Å². The highest BCUT2D eigenvalue weighted by molar-refractivity contribution is 7.71. The largest absolute Gasteiger partial charge is 0.490 e. The summed E-state index contributed by atoms with van der Waals surface area (Å²) in [7, 11) is 0. The van der Waals surface area contributed by atoms with Gasteiger partial charge in [0.25, 0.3) is 0 Å². The Morgan fingerprint density at radius 1 is 1.23 bits per heavy atom. The summed E-state index contributed by atoms with van der Waals surface area (Å²) < 4.78 is 13.6. The molecule has 0 spiro atoms. The molecule has 0 atom stereocenters. The van der Waals surface area contributed by atoms with Gasteiger partial charge in [0.2, 0.25) is 4.77 Å². The predicted octanol–water partition coefficient (Wildman–Crippen LogP) is 5.45. The van der Waals surface area contributed by atoms with Crippen LogP contribution in [0.1, 0.15) is 37.7 Å². The first-order chi connectivity index (χ1) is 14.5. The lowest BCUT2D eigenvalue weighted by atomic mass is 10.1. The van der Waals surface area contributed by atoms with Gasteiger partial charge in [-0.15, -0.1) is 0 Å². The van der Waals surface area contributed by atoms with Crippen molar-refractivity contribution in [1.29, 1.82) is 0 Å². The van der Waals surface area contributed by atoms with Crippen LogP contribution in [-0.2, 0) is 12.8 Å². The standard InChI is InChI=1S/C22H25ClN4O2S/c1-4-28-19-13-17(12-18(23)21(19)29-15(2)3)14-24-27-20(25-26-22(27)30)11-10-16-8-6-5-7-9-16/h5-9,12-15H,4,10-11H2,1-3H3,(H,26,30)/b24-14-. The van der Waals surface area contributed by atoms with Crippen LogP contribution in [0.15, 0.2) is 47.6 Å². The molecule has 0 amide bonds. The molecular formula is C22H25ClN4O2S. The van der Waals surface area contributed by atoms with Gasteiger partial charge < -0.3 is 9.47 Å². The summed E-state index contributed by atoms with van der Waals surface area (Å²) in [6.07, 6.45) is 3.22. The monoisotopic (exact) mass is 444 g/mol. The van der Waals surface area contributed by atoms with Crippen molar-refractivity contribution in [2.24, 2.45) is 5.10 Å². The number of aromatic nitrogens is 3. The van der Waals surface area contributed by atoms with Crippen LogP contribution in [-0.4, -0.2) is 33.8 Å². The number of ether oxygens (including phenoxy) is 2. The number of H-pyrrole nitrogens is 1. The van der Waals surface area contributed by atoms with Crippen molar-refractivity contribution in [3.63, 3.8) is 0 Å². The maximum absolute atomic E-state index is 6.44. The van der Waals surface area contributed by atoms with Crippen molar-refractivity contribution in [1.82, 2.24) is 14.9 Å². The van der Waals surface area contributed by atoms with E-state index in [-0.39, 0.29) is 6.10 Å². The molecule has 0 saturated heterocycles. The minimum Gasteiger partial charge on any atom is -0.490 e. The number of rotatable bonds is 9. The van der Waals surface area contributed by atoms with Crippen molar-refractivity contribution < 1.29 is 9.47 Å². The average Bonchev–Trinajstić information content (AvgIpc) is 3.07. The number of aromatic amines is 1. The normalized spacial score (nSPS) is 11.4. The summed E-state index contributed by atoms with van der Waals surface area (Å²) in [6, 6.07) is 13.9. The summed E-state index contributed by atoms with van der Waals surface area (Å²) in [6.45, 7) is 6.30. The molecule has 2 aromatic carbocycles. The second kappa shape index (κ2) is 10.4. The van der Waals surface area contributed by atoms with E-state index in [4.69, 9.17) is 33.3 Å². The van der Waals surface area contributed by atoms with Crippen LogP contribution >= 0.6 is 23.8 Å². The van der Waals surface area contributed by atoms with Gasteiger partial charge in [0, 0.05) is 6.42 Å². The van der Waals surface area contributed by atoms with Gasteiger partial charge in [-0.1, -0.05) is 41.9 Å². The molecule has 8 heteroatoms. The van der Waals surface area contributed by atoms with E-state index in [2.05, 4.69) is 27.4 Å². The quantitative estimate of drug-likeness (QED) is 0.352. The van der Waals surface area contributed by atoms with Gasteiger partial charge >= 0.3 is 0 Å². The SMILES string of the molecule is CCOc1cc(/C=N\n2c(CCc3ccccc3)n[nH]c2=S)cc(Cl)c1OC(C)C. The molecule has 0 aliphatic carbocycles. The first-order valence-corrected chi connectivity index (χ1v) is 10.6. The van der Waals surface area contributed by atoms with Crippen LogP contribution in [0.4, 0.5) is 0 Å². The topological polar surface area (TPSA) is 64.4 Å². The second-order valence-corrected chi connectivity index (χ2v) is 7.71. The molecule has 0 fully saturated rings. The highest BCUT2D eigenvalue weighted by atomic mass is 35.5. The Balaban J connectivity index is 1.83. The maximum Gasteiger partial charge on any atom is 0.216 e. The maximum atomic E-state index is 6.44. The molecule has 158 valence electrons. The molecule has 1 N–H and O–H groups in total. The lowest BCUT2D eigenvalue weighted by Crippen LogP contribution is -2.08. The van der Waals surface area contributed by atoms with E-state index in [1.165, 1.54) is 5.56 Å². The molecule has 0 unspecified atom stereocenters. The van der Waals surface area contributed by atoms with E-state index in [0.29, 0.717) is 34.3 Å². The Bertz CT molecular complexity index is 1060. The van der Waals surface area contributed by atoms with Crippen molar-refractivity contribution in [3.05, 3.63) is 69.2 Å². The first-order valence-electron chi connectivity index (χ1n) is 9.85. The fourth-order valence-electron chi connectivity index (χ4n) is 2.91. The Morgan fingerprint density at radius 3 is 2.70 bits per heavy atom. The van der Waals surface area contributed by atoms with Crippen molar-refractivity contribution in [2.45, 2.75) is 39.7 Å². The van der Waals surface area contributed by atoms with Crippen LogP contribution < -0.4 is 9.47 Å². The summed E-state index contributed by atoms with van der Waals surface area (Å²) in [5, 5.41) is 12.1. The third-order valence-corrected chi connectivity index (χ3v) is 4.75. The molecule has 6 nitrogen and oxygen atoms in total. The van der Waals surface area contributed by atoms with Gasteiger partial charge in [0.15, 0.2) is 17.3 Å². The minimum atomic E-state index is -0.0161. The lowest BCUT2D eigenvalue weighted by molar-refractivity contribution is 0.224. The zero-order chi connectivity index (χ0) is 21.5. The van der Waals surface area contributed by atoms with Crippen LogP contribution in [0.5, 0.6) is 11.5 Å². The van der Waals surface area contributed by atoms with Crippen molar-refractivity contribution in [3.8, 4) is 11.5 Å². The molecule has 3 aromatic rings. The third kappa shape index (κ3) is 5.70. The van der Waals surface area contributed by atoms with E-state index in [1.807, 2.05) is 45.0 Å². The summed E-state index contributed by atoms with van der Waals surface area (Å²) in [5.41, 5.74) is 2.01. The molecule has 3 rings (SSSR count). The number of aryl methyl sites for hydroxylation is 2. The molecule has 0 bridgehead atoms. The number of nitrogens with zero attached hydrogens (tertiary/aromatic N) is 3. The summed E-state index contributed by atoms with van der Waals surface area (Å²) in [4.78, 5) is 0. The van der Waals surface area contributed by atoms with E-state index in [9.17, 15) is 0 Å². The molecule has 30 heavy (non-hydrogen) atoms. The summed E-state index contributed by atoms with van der Waals surface area (Å²) >= 11 is 11.8. The van der Waals surface area contributed by atoms with Gasteiger partial charge in [0.05, 0.1) is 23.9 Å². The Hall–Kier alpha value is -2.64. The number of hydrogen-bond donors (Lipinski definition) is 1. The molecule has 0 radical (unpaired) electrons. The van der Waals surface area contributed by atoms with Crippen LogP contribution in [0.25, 0.3) is 0 Å².